The van der Waals surface area contributed by atoms with Crippen LogP contribution in [0.5, 0.6) is 0 Å². The Morgan fingerprint density at radius 3 is 2.37 bits per heavy atom. The van der Waals surface area contributed by atoms with Crippen molar-refractivity contribution in [3.63, 3.8) is 0 Å². The van der Waals surface area contributed by atoms with Gasteiger partial charge in [-0.25, -0.2) is 4.98 Å². The van der Waals surface area contributed by atoms with Gasteiger partial charge in [0.2, 0.25) is 0 Å². The molecule has 2 unspecified atom stereocenters. The molecule has 5 fully saturated rings. The summed E-state index contributed by atoms with van der Waals surface area (Å²) < 4.78 is 38.5. The van der Waals surface area contributed by atoms with E-state index in [1.165, 1.54) is 6.07 Å². The highest BCUT2D eigenvalue weighted by molar-refractivity contribution is 5.86. The quantitative estimate of drug-likeness (QED) is 0.283. The van der Waals surface area contributed by atoms with Gasteiger partial charge in [0, 0.05) is 32.4 Å². The second kappa shape index (κ2) is 8.93. The summed E-state index contributed by atoms with van der Waals surface area (Å²) in [5, 5.41) is 30.1. The van der Waals surface area contributed by atoms with Crippen LogP contribution < -0.4 is 4.90 Å². The first-order chi connectivity index (χ1) is 16.6. The van der Waals surface area contributed by atoms with Crippen molar-refractivity contribution in [3.05, 3.63) is 23.9 Å². The number of aliphatic hydroxyl groups is 1. The summed E-state index contributed by atoms with van der Waals surface area (Å²) in [5.74, 6) is 1.90. The molecule has 1 aromatic rings. The van der Waals surface area contributed by atoms with E-state index < -0.39 is 17.3 Å². The van der Waals surface area contributed by atoms with Gasteiger partial charge in [0.15, 0.2) is 6.19 Å². The van der Waals surface area contributed by atoms with E-state index in [1.54, 1.807) is 4.90 Å². The lowest BCUT2D eigenvalue weighted by atomic mass is 9.52. The lowest BCUT2D eigenvalue weighted by molar-refractivity contribution is -0.147. The third-order valence-electron chi connectivity index (χ3n) is 8.71. The SMILES string of the molecule is CC[C@H](C(=N)N(C#N)C1C2CC3CC1CC(O)(C3)C2)N1CCN(c2ccc(C(F)(F)F)cn2)CC1. The molecule has 0 aromatic carbocycles. The fourth-order valence-corrected chi connectivity index (χ4v) is 7.45. The summed E-state index contributed by atoms with van der Waals surface area (Å²) in [6, 6.07) is 2.27. The van der Waals surface area contributed by atoms with E-state index in [4.69, 9.17) is 5.41 Å². The summed E-state index contributed by atoms with van der Waals surface area (Å²) in [5.41, 5.74) is -1.34. The lowest BCUT2D eigenvalue weighted by Crippen LogP contribution is -2.63. The van der Waals surface area contributed by atoms with E-state index in [0.717, 1.165) is 44.4 Å². The molecule has 0 radical (unpaired) electrons. The predicted octanol–water partition coefficient (Wildman–Crippen LogP) is 3.70. The Bertz CT molecular complexity index is 968. The molecule has 1 saturated heterocycles. The zero-order valence-corrected chi connectivity index (χ0v) is 20.0. The number of aromatic nitrogens is 1. The zero-order chi connectivity index (χ0) is 25.0. The van der Waals surface area contributed by atoms with Crippen molar-refractivity contribution in [1.29, 1.82) is 10.7 Å². The van der Waals surface area contributed by atoms with Crippen LogP contribution in [0.3, 0.4) is 0 Å². The Kier molecular flexibility index (Phi) is 6.20. The van der Waals surface area contributed by atoms with Crippen LogP contribution in [0.1, 0.15) is 51.0 Å². The van der Waals surface area contributed by atoms with E-state index in [1.807, 2.05) is 11.8 Å². The molecule has 1 aromatic heterocycles. The molecule has 4 bridgehead atoms. The molecule has 1 aliphatic heterocycles. The molecule has 4 aliphatic carbocycles. The van der Waals surface area contributed by atoms with Gasteiger partial charge in [-0.3, -0.25) is 15.2 Å². The summed E-state index contributed by atoms with van der Waals surface area (Å²) >= 11 is 0. The van der Waals surface area contributed by atoms with Crippen molar-refractivity contribution in [1.82, 2.24) is 14.8 Å². The molecule has 7 nitrogen and oxygen atoms in total. The van der Waals surface area contributed by atoms with Crippen LogP contribution in [0.15, 0.2) is 18.3 Å². The van der Waals surface area contributed by atoms with Gasteiger partial charge in [-0.1, -0.05) is 6.92 Å². The molecule has 2 heterocycles. The highest BCUT2D eigenvalue weighted by Gasteiger charge is 2.57. The van der Waals surface area contributed by atoms with Gasteiger partial charge in [-0.15, -0.1) is 0 Å². The number of nitrogens with zero attached hydrogens (tertiary/aromatic N) is 5. The summed E-state index contributed by atoms with van der Waals surface area (Å²) in [7, 11) is 0. The van der Waals surface area contributed by atoms with E-state index in [9.17, 15) is 23.5 Å². The first kappa shape index (κ1) is 24.3. The van der Waals surface area contributed by atoms with E-state index in [0.29, 0.717) is 50.2 Å². The van der Waals surface area contributed by atoms with Gasteiger partial charge in [0.05, 0.1) is 23.2 Å². The molecule has 0 spiro atoms. The molecule has 6 rings (SSSR count). The lowest BCUT2D eigenvalue weighted by Gasteiger charge is -2.59. The molecule has 3 atom stereocenters. The Balaban J connectivity index is 1.24. The number of hydrogen-bond donors (Lipinski definition) is 2. The Hall–Kier alpha value is -2.38. The van der Waals surface area contributed by atoms with E-state index in [2.05, 4.69) is 16.1 Å². The van der Waals surface area contributed by atoms with Crippen molar-refractivity contribution in [2.75, 3.05) is 31.1 Å². The average Bonchev–Trinajstić information content (AvgIpc) is 2.80. The third-order valence-corrected chi connectivity index (χ3v) is 8.71. The topological polar surface area (TPSA) is 90.5 Å². The first-order valence-electron chi connectivity index (χ1n) is 12.6. The number of pyridine rings is 1. The number of nitrogens with one attached hydrogen (secondary N) is 1. The minimum Gasteiger partial charge on any atom is -0.390 e. The van der Waals surface area contributed by atoms with Crippen LogP contribution in [0.25, 0.3) is 0 Å². The maximum atomic E-state index is 12.8. The number of nitriles is 1. The second-order valence-electron chi connectivity index (χ2n) is 10.9. The standard InChI is InChI=1S/C25H33F3N6O/c1-2-20(32-5-7-33(8-6-32)21-4-3-19(14-31-21)25(26,27)28)23(30)34(15-29)22-17-9-16-10-18(22)13-24(35,11-16)12-17/h3-4,14,16-18,20,22,30,35H,2,5-13H2,1H3/t16?,17?,18?,20-,22?,24?/m1/s1. The van der Waals surface area contributed by atoms with Crippen molar-refractivity contribution < 1.29 is 18.3 Å². The average molecular weight is 491 g/mol. The molecular formula is C25H33F3N6O. The van der Waals surface area contributed by atoms with Crippen LogP contribution in [0.2, 0.25) is 0 Å². The van der Waals surface area contributed by atoms with Gasteiger partial charge in [0.1, 0.15) is 11.7 Å². The van der Waals surface area contributed by atoms with Gasteiger partial charge in [-0.05, 0) is 68.4 Å². The van der Waals surface area contributed by atoms with Crippen LogP contribution in [-0.4, -0.2) is 69.6 Å². The summed E-state index contributed by atoms with van der Waals surface area (Å²) in [4.78, 5) is 9.84. The molecule has 190 valence electrons. The molecule has 5 aliphatic rings. The van der Waals surface area contributed by atoms with Crippen LogP contribution >= 0.6 is 0 Å². The van der Waals surface area contributed by atoms with Gasteiger partial charge >= 0.3 is 6.18 Å². The van der Waals surface area contributed by atoms with Crippen LogP contribution in [0.4, 0.5) is 19.0 Å². The monoisotopic (exact) mass is 490 g/mol. The third kappa shape index (κ3) is 4.49. The Morgan fingerprint density at radius 1 is 1.23 bits per heavy atom. The minimum atomic E-state index is -4.40. The van der Waals surface area contributed by atoms with Crippen molar-refractivity contribution in [2.24, 2.45) is 17.8 Å². The van der Waals surface area contributed by atoms with Crippen LogP contribution in [-0.2, 0) is 6.18 Å². The van der Waals surface area contributed by atoms with Crippen molar-refractivity contribution in [3.8, 4) is 6.19 Å². The van der Waals surface area contributed by atoms with Gasteiger partial charge in [-0.2, -0.15) is 18.4 Å². The summed E-state index contributed by atoms with van der Waals surface area (Å²) in [6.07, 6.45) is 3.91. The van der Waals surface area contributed by atoms with Crippen LogP contribution in [0, 0.1) is 34.6 Å². The number of rotatable bonds is 5. The largest absolute Gasteiger partial charge is 0.417 e. The smallest absolute Gasteiger partial charge is 0.390 e. The number of halogens is 3. The molecule has 0 amide bonds. The number of hydrogen-bond acceptors (Lipinski definition) is 6. The van der Waals surface area contributed by atoms with Gasteiger partial charge < -0.3 is 10.0 Å². The Morgan fingerprint density at radius 2 is 1.89 bits per heavy atom. The fraction of sp³-hybridized carbons (Fsp3) is 0.720. The zero-order valence-electron chi connectivity index (χ0n) is 20.0. The number of alkyl halides is 3. The van der Waals surface area contributed by atoms with E-state index in [-0.39, 0.29) is 23.9 Å². The predicted molar refractivity (Wildman–Crippen MR) is 125 cm³/mol. The number of piperazine rings is 1. The highest BCUT2D eigenvalue weighted by atomic mass is 19.4. The van der Waals surface area contributed by atoms with E-state index >= 15 is 0 Å². The molecule has 2 N–H and O–H groups in total. The van der Waals surface area contributed by atoms with Crippen molar-refractivity contribution in [2.45, 2.75) is 69.3 Å². The normalized spacial score (nSPS) is 33.4. The maximum Gasteiger partial charge on any atom is 0.417 e. The fourth-order valence-electron chi connectivity index (χ4n) is 7.45. The first-order valence-corrected chi connectivity index (χ1v) is 12.6. The summed E-state index contributed by atoms with van der Waals surface area (Å²) in [6.45, 7) is 4.50. The highest BCUT2D eigenvalue weighted by Crippen LogP contribution is 2.57. The van der Waals surface area contributed by atoms with Crippen molar-refractivity contribution >= 4 is 11.7 Å². The van der Waals surface area contributed by atoms with Gasteiger partial charge in [0.25, 0.3) is 0 Å². The second-order valence-corrected chi connectivity index (χ2v) is 10.9. The Labute approximate surface area is 204 Å². The molecular weight excluding hydrogens is 457 g/mol. The number of amidine groups is 1. The molecule has 10 heteroatoms. The maximum absolute atomic E-state index is 12.8. The molecule has 35 heavy (non-hydrogen) atoms. The minimum absolute atomic E-state index is 0.00369. The molecule has 4 saturated carbocycles. The number of anilines is 1.